The first-order valence-electron chi connectivity index (χ1n) is 8.17. The molecule has 0 fully saturated rings. The molecule has 0 aliphatic carbocycles. The van der Waals surface area contributed by atoms with Crippen LogP contribution in [0.2, 0.25) is 0 Å². The average molecular weight is 351 g/mol. The Bertz CT molecular complexity index is 803. The van der Waals surface area contributed by atoms with Gasteiger partial charge in [-0.15, -0.1) is 0 Å². The van der Waals surface area contributed by atoms with E-state index in [-0.39, 0.29) is 24.3 Å². The third kappa shape index (κ3) is 3.71. The minimum absolute atomic E-state index is 0.0256. The highest BCUT2D eigenvalue weighted by Gasteiger charge is 2.23. The lowest BCUT2D eigenvalue weighted by molar-refractivity contribution is -0.133. The van der Waals surface area contributed by atoms with E-state index < -0.39 is 23.5 Å². The molecule has 2 N–H and O–H groups in total. The number of nitrogens with zero attached hydrogens (tertiary/aromatic N) is 2. The molecule has 0 unspecified atom stereocenters. The zero-order chi connectivity index (χ0) is 18.1. The fraction of sp³-hybridized carbons (Fsp3) is 0.389. The molecule has 2 heterocycles. The van der Waals surface area contributed by atoms with Crippen LogP contribution in [-0.2, 0) is 24.3 Å². The number of halogens is 3. The van der Waals surface area contributed by atoms with Gasteiger partial charge in [0.15, 0.2) is 11.6 Å². The molecular formula is C18H20F3N3O. The number of rotatable bonds is 4. The van der Waals surface area contributed by atoms with Crippen molar-refractivity contribution in [1.82, 2.24) is 9.47 Å². The lowest BCUT2D eigenvalue weighted by Gasteiger charge is -2.30. The van der Waals surface area contributed by atoms with Gasteiger partial charge in [-0.1, -0.05) is 0 Å². The Balaban J connectivity index is 1.61. The van der Waals surface area contributed by atoms with Crippen LogP contribution >= 0.6 is 0 Å². The summed E-state index contributed by atoms with van der Waals surface area (Å²) >= 11 is 0. The van der Waals surface area contributed by atoms with Gasteiger partial charge in [-0.2, -0.15) is 0 Å². The summed E-state index contributed by atoms with van der Waals surface area (Å²) in [4.78, 5) is 14.1. The minimum Gasteiger partial charge on any atom is -0.345 e. The molecule has 0 radical (unpaired) electrons. The topological polar surface area (TPSA) is 51.3 Å². The van der Waals surface area contributed by atoms with Gasteiger partial charge in [-0.05, 0) is 37.1 Å². The molecule has 0 saturated carbocycles. The van der Waals surface area contributed by atoms with E-state index in [2.05, 4.69) is 4.57 Å². The van der Waals surface area contributed by atoms with Crippen LogP contribution in [0.15, 0.2) is 24.3 Å². The highest BCUT2D eigenvalue weighted by Crippen LogP contribution is 2.19. The molecule has 1 aliphatic heterocycles. The predicted octanol–water partition coefficient (Wildman–Crippen LogP) is 2.52. The summed E-state index contributed by atoms with van der Waals surface area (Å²) in [5.74, 6) is -3.34. The van der Waals surface area contributed by atoms with Crippen LogP contribution in [0.1, 0.15) is 23.4 Å². The monoisotopic (exact) mass is 351 g/mol. The van der Waals surface area contributed by atoms with Crippen LogP contribution < -0.4 is 5.73 Å². The molecule has 1 atom stereocenters. The Morgan fingerprint density at radius 2 is 1.88 bits per heavy atom. The van der Waals surface area contributed by atoms with E-state index in [1.807, 2.05) is 19.1 Å². The second-order valence-corrected chi connectivity index (χ2v) is 6.46. The van der Waals surface area contributed by atoms with E-state index in [0.717, 1.165) is 24.0 Å². The molecule has 2 aromatic rings. The van der Waals surface area contributed by atoms with Crippen molar-refractivity contribution in [3.05, 3.63) is 58.7 Å². The van der Waals surface area contributed by atoms with Crippen molar-refractivity contribution >= 4 is 5.91 Å². The number of carbonyl (C=O) groups is 1. The van der Waals surface area contributed by atoms with Gasteiger partial charge in [0.05, 0.1) is 6.54 Å². The third-order valence-electron chi connectivity index (χ3n) is 4.60. The molecule has 4 nitrogen and oxygen atoms in total. The maximum absolute atomic E-state index is 13.7. The smallest absolute Gasteiger partial charge is 0.224 e. The maximum atomic E-state index is 13.7. The lowest BCUT2D eigenvalue weighted by Crippen LogP contribution is -2.41. The van der Waals surface area contributed by atoms with Crippen molar-refractivity contribution in [3.63, 3.8) is 0 Å². The number of aromatic nitrogens is 1. The summed E-state index contributed by atoms with van der Waals surface area (Å²) < 4.78 is 42.1. The summed E-state index contributed by atoms with van der Waals surface area (Å²) in [5, 5.41) is 0. The number of aryl methyl sites for hydroxylation is 1. The molecule has 1 aromatic heterocycles. The normalized spacial score (nSPS) is 15.2. The fourth-order valence-corrected chi connectivity index (χ4v) is 3.22. The molecule has 1 aliphatic rings. The molecule has 3 rings (SSSR count). The van der Waals surface area contributed by atoms with Crippen molar-refractivity contribution in [2.75, 3.05) is 6.54 Å². The summed E-state index contributed by atoms with van der Waals surface area (Å²) in [5.41, 5.74) is 8.13. The van der Waals surface area contributed by atoms with Crippen molar-refractivity contribution in [3.8, 4) is 0 Å². The summed E-state index contributed by atoms with van der Waals surface area (Å²) in [6.07, 6.45) is -0.00375. The quantitative estimate of drug-likeness (QED) is 0.861. The van der Waals surface area contributed by atoms with Crippen molar-refractivity contribution in [2.24, 2.45) is 5.73 Å². The Labute approximate surface area is 144 Å². The van der Waals surface area contributed by atoms with Crippen LogP contribution in [0.3, 0.4) is 0 Å². The summed E-state index contributed by atoms with van der Waals surface area (Å²) in [6, 6.07) is 4.64. The molecule has 7 heteroatoms. The van der Waals surface area contributed by atoms with E-state index >= 15 is 0 Å². The van der Waals surface area contributed by atoms with E-state index in [4.69, 9.17) is 5.73 Å². The van der Waals surface area contributed by atoms with Gasteiger partial charge in [-0.3, -0.25) is 4.79 Å². The van der Waals surface area contributed by atoms with Gasteiger partial charge < -0.3 is 15.2 Å². The molecule has 1 aromatic carbocycles. The van der Waals surface area contributed by atoms with Crippen LogP contribution in [0.4, 0.5) is 13.2 Å². The SMILES string of the molecule is Cc1ccc2n1CCN(C(=O)C[C@H](N)Cc1cc(F)c(F)cc1F)C2. The van der Waals surface area contributed by atoms with Crippen LogP contribution in [-0.4, -0.2) is 28.0 Å². The molecule has 1 amide bonds. The second-order valence-electron chi connectivity index (χ2n) is 6.46. The van der Waals surface area contributed by atoms with Crippen LogP contribution in [0.5, 0.6) is 0 Å². The Morgan fingerprint density at radius 3 is 2.64 bits per heavy atom. The van der Waals surface area contributed by atoms with E-state index in [9.17, 15) is 18.0 Å². The number of hydrogen-bond donors (Lipinski definition) is 1. The number of hydrogen-bond acceptors (Lipinski definition) is 2. The van der Waals surface area contributed by atoms with Gasteiger partial charge in [0.25, 0.3) is 0 Å². The molecule has 25 heavy (non-hydrogen) atoms. The number of amides is 1. The molecule has 0 saturated heterocycles. The van der Waals surface area contributed by atoms with E-state index in [1.165, 1.54) is 0 Å². The fourth-order valence-electron chi connectivity index (χ4n) is 3.22. The van der Waals surface area contributed by atoms with E-state index in [0.29, 0.717) is 19.2 Å². The van der Waals surface area contributed by atoms with Gasteiger partial charge in [0, 0.05) is 43.0 Å². The number of carbonyl (C=O) groups excluding carboxylic acids is 1. The van der Waals surface area contributed by atoms with Gasteiger partial charge in [0.2, 0.25) is 5.91 Å². The zero-order valence-corrected chi connectivity index (χ0v) is 13.9. The van der Waals surface area contributed by atoms with Gasteiger partial charge in [-0.25, -0.2) is 13.2 Å². The Kier molecular flexibility index (Phi) is 4.85. The first-order valence-corrected chi connectivity index (χ1v) is 8.17. The standard InChI is InChI=1S/C18H20F3N3O/c1-11-2-3-14-10-23(4-5-24(11)14)18(25)8-13(22)6-12-7-16(20)17(21)9-15(12)19/h2-3,7,9,13H,4-6,8,10,22H2,1H3/t13-/m1/s1. The largest absolute Gasteiger partial charge is 0.345 e. The number of benzene rings is 1. The maximum Gasteiger partial charge on any atom is 0.224 e. The van der Waals surface area contributed by atoms with E-state index in [1.54, 1.807) is 4.90 Å². The van der Waals surface area contributed by atoms with Crippen molar-refractivity contribution in [1.29, 1.82) is 0 Å². The molecule has 0 bridgehead atoms. The second kappa shape index (κ2) is 6.92. The van der Waals surface area contributed by atoms with Gasteiger partial charge in [0.1, 0.15) is 5.82 Å². The van der Waals surface area contributed by atoms with Crippen LogP contribution in [0, 0.1) is 24.4 Å². The lowest BCUT2D eigenvalue weighted by atomic mass is 10.0. The van der Waals surface area contributed by atoms with Crippen LogP contribution in [0.25, 0.3) is 0 Å². The Hall–Kier alpha value is -2.28. The first-order chi connectivity index (χ1) is 11.8. The van der Waals surface area contributed by atoms with Gasteiger partial charge >= 0.3 is 0 Å². The third-order valence-corrected chi connectivity index (χ3v) is 4.60. The highest BCUT2D eigenvalue weighted by atomic mass is 19.2. The number of nitrogens with two attached hydrogens (primary N) is 1. The minimum atomic E-state index is -1.24. The summed E-state index contributed by atoms with van der Waals surface area (Å²) in [7, 11) is 0. The predicted molar refractivity (Wildman–Crippen MR) is 87.2 cm³/mol. The summed E-state index contributed by atoms with van der Waals surface area (Å²) in [6.45, 7) is 3.85. The van der Waals surface area contributed by atoms with Crippen molar-refractivity contribution < 1.29 is 18.0 Å². The zero-order valence-electron chi connectivity index (χ0n) is 13.9. The first kappa shape index (κ1) is 17.5. The Morgan fingerprint density at radius 1 is 1.16 bits per heavy atom. The highest BCUT2D eigenvalue weighted by molar-refractivity contribution is 5.77. The molecule has 0 spiro atoms. The molecular weight excluding hydrogens is 331 g/mol. The molecule has 134 valence electrons. The van der Waals surface area contributed by atoms with Crippen molar-refractivity contribution in [2.45, 2.75) is 38.9 Å². The average Bonchev–Trinajstić information content (AvgIpc) is 2.93. The number of fused-ring (bicyclic) bond motifs is 1.